The van der Waals surface area contributed by atoms with Crippen molar-refractivity contribution in [2.45, 2.75) is 19.4 Å². The van der Waals surface area contributed by atoms with Crippen LogP contribution in [0, 0.1) is 11.8 Å². The minimum atomic E-state index is 0.355. The van der Waals surface area contributed by atoms with Gasteiger partial charge in [0.1, 0.15) is 0 Å². The summed E-state index contributed by atoms with van der Waals surface area (Å²) in [6.45, 7) is 6.77. The third-order valence-electron chi connectivity index (χ3n) is 3.09. The van der Waals surface area contributed by atoms with Crippen LogP contribution < -0.4 is 0 Å². The molecule has 2 fully saturated rings. The first-order valence-corrected chi connectivity index (χ1v) is 5.22. The number of rotatable bonds is 3. The highest BCUT2D eigenvalue weighted by Crippen LogP contribution is 2.23. The van der Waals surface area contributed by atoms with E-state index in [1.54, 1.807) is 0 Å². The quantitative estimate of drug-likeness (QED) is 0.688. The summed E-state index contributed by atoms with van der Waals surface area (Å²) in [5, 5.41) is 8.86. The first-order chi connectivity index (χ1) is 6.28. The summed E-state index contributed by atoms with van der Waals surface area (Å²) >= 11 is 0. The lowest BCUT2D eigenvalue weighted by atomic mass is 9.97. The Morgan fingerprint density at radius 3 is 2.69 bits per heavy atom. The molecule has 0 spiro atoms. The molecule has 1 N–H and O–H groups in total. The third-order valence-corrected chi connectivity index (χ3v) is 3.09. The van der Waals surface area contributed by atoms with Crippen LogP contribution in [0.3, 0.4) is 0 Å². The van der Waals surface area contributed by atoms with Crippen molar-refractivity contribution in [3.8, 4) is 0 Å². The van der Waals surface area contributed by atoms with E-state index in [9.17, 15) is 0 Å². The van der Waals surface area contributed by atoms with Crippen LogP contribution in [-0.2, 0) is 4.74 Å². The lowest BCUT2D eigenvalue weighted by Crippen LogP contribution is -2.50. The van der Waals surface area contributed by atoms with Crippen molar-refractivity contribution in [1.29, 1.82) is 0 Å². The van der Waals surface area contributed by atoms with E-state index in [0.717, 1.165) is 25.6 Å². The first kappa shape index (κ1) is 9.44. The zero-order chi connectivity index (χ0) is 9.26. The highest BCUT2D eigenvalue weighted by atomic mass is 16.5. The van der Waals surface area contributed by atoms with Crippen molar-refractivity contribution >= 4 is 0 Å². The Morgan fingerprint density at radius 1 is 1.38 bits per heavy atom. The van der Waals surface area contributed by atoms with Gasteiger partial charge in [0.05, 0.1) is 12.7 Å². The maximum absolute atomic E-state index is 8.86. The van der Waals surface area contributed by atoms with E-state index < -0.39 is 0 Å². The van der Waals surface area contributed by atoms with Crippen molar-refractivity contribution in [1.82, 2.24) is 4.90 Å². The summed E-state index contributed by atoms with van der Waals surface area (Å²) < 4.78 is 5.51. The molecule has 0 aromatic heterocycles. The summed E-state index contributed by atoms with van der Waals surface area (Å²) in [5.41, 5.74) is 0. The minimum absolute atomic E-state index is 0.355. The number of hydrogen-bond acceptors (Lipinski definition) is 3. The van der Waals surface area contributed by atoms with Gasteiger partial charge in [0.15, 0.2) is 0 Å². The predicted molar refractivity (Wildman–Crippen MR) is 50.5 cm³/mol. The molecule has 13 heavy (non-hydrogen) atoms. The van der Waals surface area contributed by atoms with Crippen LogP contribution in [0.15, 0.2) is 0 Å². The lowest BCUT2D eigenvalue weighted by molar-refractivity contribution is 0.0389. The number of aliphatic hydroxyl groups is 1. The summed E-state index contributed by atoms with van der Waals surface area (Å²) in [4.78, 5) is 2.42. The molecule has 2 aliphatic heterocycles. The summed E-state index contributed by atoms with van der Waals surface area (Å²) in [5.74, 6) is 1.27. The fraction of sp³-hybridized carbons (Fsp3) is 1.00. The topological polar surface area (TPSA) is 32.7 Å². The van der Waals surface area contributed by atoms with Crippen LogP contribution >= 0.6 is 0 Å². The molecule has 3 heteroatoms. The van der Waals surface area contributed by atoms with E-state index in [-0.39, 0.29) is 0 Å². The molecular formula is C10H19NO2. The normalized spacial score (nSPS) is 36.5. The fourth-order valence-electron chi connectivity index (χ4n) is 2.34. The second-order valence-corrected chi connectivity index (χ2v) is 4.51. The zero-order valence-electron chi connectivity index (χ0n) is 8.28. The van der Waals surface area contributed by atoms with Gasteiger partial charge in [0.25, 0.3) is 0 Å². The van der Waals surface area contributed by atoms with E-state index >= 15 is 0 Å². The van der Waals surface area contributed by atoms with Gasteiger partial charge in [0, 0.05) is 32.2 Å². The second-order valence-electron chi connectivity index (χ2n) is 4.51. The molecule has 0 bridgehead atoms. The monoisotopic (exact) mass is 185 g/mol. The highest BCUT2D eigenvalue weighted by molar-refractivity contribution is 4.82. The van der Waals surface area contributed by atoms with Gasteiger partial charge in [-0.1, -0.05) is 0 Å². The lowest BCUT2D eigenvalue weighted by Gasteiger charge is -2.39. The summed E-state index contributed by atoms with van der Waals surface area (Å²) in [6, 6.07) is 0. The summed E-state index contributed by atoms with van der Waals surface area (Å²) in [6.07, 6.45) is 1.67. The molecule has 0 amide bonds. The Balaban J connectivity index is 1.64. The van der Waals surface area contributed by atoms with E-state index in [2.05, 4.69) is 11.8 Å². The number of likely N-dealkylation sites (tertiary alicyclic amines) is 1. The van der Waals surface area contributed by atoms with Crippen LogP contribution in [0.5, 0.6) is 0 Å². The average molecular weight is 185 g/mol. The van der Waals surface area contributed by atoms with Gasteiger partial charge in [-0.25, -0.2) is 0 Å². The number of ether oxygens (including phenoxy) is 1. The Labute approximate surface area is 79.7 Å². The van der Waals surface area contributed by atoms with Crippen molar-refractivity contribution in [2.24, 2.45) is 11.8 Å². The first-order valence-electron chi connectivity index (χ1n) is 5.22. The Kier molecular flexibility index (Phi) is 2.86. The number of nitrogens with zero attached hydrogens (tertiary/aromatic N) is 1. The Bertz CT molecular complexity index is 168. The maximum atomic E-state index is 8.86. The molecule has 0 aliphatic carbocycles. The molecule has 0 aromatic rings. The van der Waals surface area contributed by atoms with Crippen LogP contribution in [0.1, 0.15) is 13.3 Å². The maximum Gasteiger partial charge on any atom is 0.0551 e. The highest BCUT2D eigenvalue weighted by Gasteiger charge is 2.30. The largest absolute Gasteiger partial charge is 0.396 e. The molecular weight excluding hydrogens is 166 g/mol. The zero-order valence-corrected chi connectivity index (χ0v) is 8.28. The van der Waals surface area contributed by atoms with Gasteiger partial charge in [0.2, 0.25) is 0 Å². The number of hydrogen-bond donors (Lipinski definition) is 1. The molecule has 2 heterocycles. The predicted octanol–water partition coefficient (Wildman–Crippen LogP) is 0.335. The fourth-order valence-corrected chi connectivity index (χ4v) is 2.34. The molecule has 0 saturated carbocycles. The second kappa shape index (κ2) is 3.95. The molecule has 3 nitrogen and oxygen atoms in total. The van der Waals surface area contributed by atoms with Crippen molar-refractivity contribution in [2.75, 3.05) is 32.8 Å². The molecule has 76 valence electrons. The Hall–Kier alpha value is -0.120. The molecule has 0 radical (unpaired) electrons. The molecule has 2 saturated heterocycles. The SMILES string of the molecule is CC1CC(CN2CC(CO)C2)CO1. The van der Waals surface area contributed by atoms with E-state index in [1.807, 2.05) is 0 Å². The summed E-state index contributed by atoms with van der Waals surface area (Å²) in [7, 11) is 0. The van der Waals surface area contributed by atoms with E-state index in [4.69, 9.17) is 9.84 Å². The van der Waals surface area contributed by atoms with Gasteiger partial charge in [-0.3, -0.25) is 0 Å². The molecule has 2 rings (SSSR count). The third kappa shape index (κ3) is 2.22. The van der Waals surface area contributed by atoms with E-state index in [1.165, 1.54) is 13.0 Å². The molecule has 2 aliphatic rings. The number of aliphatic hydroxyl groups excluding tert-OH is 1. The van der Waals surface area contributed by atoms with Crippen LogP contribution in [0.4, 0.5) is 0 Å². The van der Waals surface area contributed by atoms with Crippen molar-refractivity contribution in [3.63, 3.8) is 0 Å². The molecule has 2 unspecified atom stereocenters. The van der Waals surface area contributed by atoms with Crippen molar-refractivity contribution in [3.05, 3.63) is 0 Å². The van der Waals surface area contributed by atoms with Gasteiger partial charge >= 0.3 is 0 Å². The smallest absolute Gasteiger partial charge is 0.0551 e. The van der Waals surface area contributed by atoms with Gasteiger partial charge in [-0.2, -0.15) is 0 Å². The molecule has 0 aromatic carbocycles. The van der Waals surface area contributed by atoms with E-state index in [0.29, 0.717) is 18.6 Å². The standard InChI is InChI=1S/C10H19NO2/c1-8-2-9(7-13-8)3-11-4-10(5-11)6-12/h8-10,12H,2-7H2,1H3. The Morgan fingerprint density at radius 2 is 2.15 bits per heavy atom. The minimum Gasteiger partial charge on any atom is -0.396 e. The van der Waals surface area contributed by atoms with Crippen LogP contribution in [0.25, 0.3) is 0 Å². The average Bonchev–Trinajstić information content (AvgIpc) is 2.43. The van der Waals surface area contributed by atoms with Crippen LogP contribution in [-0.4, -0.2) is 49.0 Å². The van der Waals surface area contributed by atoms with Crippen LogP contribution in [0.2, 0.25) is 0 Å². The van der Waals surface area contributed by atoms with Gasteiger partial charge in [-0.05, 0) is 19.3 Å². The van der Waals surface area contributed by atoms with Gasteiger partial charge in [-0.15, -0.1) is 0 Å². The van der Waals surface area contributed by atoms with Crippen molar-refractivity contribution < 1.29 is 9.84 Å². The molecule has 2 atom stereocenters. The van der Waals surface area contributed by atoms with Gasteiger partial charge < -0.3 is 14.7 Å².